The largest absolute Gasteiger partial charge is 0.467 e. The lowest BCUT2D eigenvalue weighted by Gasteiger charge is -2.35. The molecule has 2 heterocycles. The Balaban J connectivity index is 2.40. The van der Waals surface area contributed by atoms with Crippen molar-refractivity contribution < 1.29 is 22.7 Å². The number of carbonyl (C=O) groups is 1. The van der Waals surface area contributed by atoms with Gasteiger partial charge in [-0.1, -0.05) is 0 Å². The van der Waals surface area contributed by atoms with E-state index in [-0.39, 0.29) is 5.82 Å². The molecule has 0 saturated carbocycles. The van der Waals surface area contributed by atoms with Crippen molar-refractivity contribution in [1.82, 2.24) is 4.98 Å². The second kappa shape index (κ2) is 5.68. The molecule has 1 aromatic heterocycles. The summed E-state index contributed by atoms with van der Waals surface area (Å²) in [7, 11) is 1.23. The van der Waals surface area contributed by atoms with E-state index in [1.54, 1.807) is 0 Å². The van der Waals surface area contributed by atoms with Gasteiger partial charge in [0.25, 0.3) is 0 Å². The van der Waals surface area contributed by atoms with Crippen LogP contribution in [0.1, 0.15) is 24.8 Å². The molecule has 0 aromatic carbocycles. The maximum Gasteiger partial charge on any atom is 0.419 e. The number of alkyl halides is 3. The zero-order valence-electron chi connectivity index (χ0n) is 11.0. The molecule has 20 heavy (non-hydrogen) atoms. The first-order valence-electron chi connectivity index (χ1n) is 6.32. The first kappa shape index (κ1) is 14.6. The zero-order valence-corrected chi connectivity index (χ0v) is 11.0. The summed E-state index contributed by atoms with van der Waals surface area (Å²) in [4.78, 5) is 17.0. The Morgan fingerprint density at radius 2 is 2.20 bits per heavy atom. The van der Waals surface area contributed by atoms with Crippen LogP contribution >= 0.6 is 0 Å². The number of rotatable bonds is 2. The summed E-state index contributed by atoms with van der Waals surface area (Å²) in [5.74, 6) is -0.724. The van der Waals surface area contributed by atoms with Crippen LogP contribution in [0, 0.1) is 0 Å². The lowest BCUT2D eigenvalue weighted by Crippen LogP contribution is -2.46. The Kier molecular flexibility index (Phi) is 4.15. The van der Waals surface area contributed by atoms with Gasteiger partial charge in [0, 0.05) is 12.7 Å². The number of piperidine rings is 1. The molecule has 0 amide bonds. The minimum atomic E-state index is -4.50. The number of carbonyl (C=O) groups excluding carboxylic acids is 1. The van der Waals surface area contributed by atoms with Gasteiger partial charge in [-0.15, -0.1) is 0 Å². The smallest absolute Gasteiger partial charge is 0.419 e. The Morgan fingerprint density at radius 3 is 2.85 bits per heavy atom. The Labute approximate surface area is 114 Å². The van der Waals surface area contributed by atoms with Crippen molar-refractivity contribution in [2.75, 3.05) is 18.6 Å². The van der Waals surface area contributed by atoms with Crippen molar-refractivity contribution >= 4 is 11.8 Å². The van der Waals surface area contributed by atoms with Gasteiger partial charge >= 0.3 is 12.1 Å². The van der Waals surface area contributed by atoms with E-state index in [1.807, 2.05) is 0 Å². The lowest BCUT2D eigenvalue weighted by atomic mass is 10.0. The number of halogens is 3. The van der Waals surface area contributed by atoms with Crippen molar-refractivity contribution in [2.24, 2.45) is 0 Å². The monoisotopic (exact) mass is 288 g/mol. The van der Waals surface area contributed by atoms with E-state index in [1.165, 1.54) is 24.3 Å². The lowest BCUT2D eigenvalue weighted by molar-refractivity contribution is -0.143. The summed E-state index contributed by atoms with van der Waals surface area (Å²) in [6, 6.07) is 1.51. The predicted molar refractivity (Wildman–Crippen MR) is 66.2 cm³/mol. The fourth-order valence-corrected chi connectivity index (χ4v) is 2.41. The molecule has 1 aromatic rings. The quantitative estimate of drug-likeness (QED) is 0.785. The molecule has 1 atom stereocenters. The highest BCUT2D eigenvalue weighted by atomic mass is 19.4. The van der Waals surface area contributed by atoms with E-state index in [0.29, 0.717) is 13.0 Å². The van der Waals surface area contributed by atoms with Gasteiger partial charge in [0.2, 0.25) is 0 Å². The number of methoxy groups -OCH3 is 1. The maximum atomic E-state index is 13.0. The van der Waals surface area contributed by atoms with Crippen LogP contribution in [0.25, 0.3) is 0 Å². The van der Waals surface area contributed by atoms with Gasteiger partial charge in [-0.2, -0.15) is 13.2 Å². The number of aromatic nitrogens is 1. The van der Waals surface area contributed by atoms with Crippen LogP contribution in [-0.4, -0.2) is 30.6 Å². The molecular weight excluding hydrogens is 273 g/mol. The molecule has 0 radical (unpaired) electrons. The van der Waals surface area contributed by atoms with E-state index in [2.05, 4.69) is 9.72 Å². The summed E-state index contributed by atoms with van der Waals surface area (Å²) in [5.41, 5.74) is -0.823. The molecule has 0 aliphatic carbocycles. The van der Waals surface area contributed by atoms with Crippen LogP contribution in [0.3, 0.4) is 0 Å². The minimum Gasteiger partial charge on any atom is -0.467 e. The normalized spacial score (nSPS) is 19.8. The number of ether oxygens (including phenoxy) is 1. The predicted octanol–water partition coefficient (Wildman–Crippen LogP) is 2.63. The Morgan fingerprint density at radius 1 is 1.45 bits per heavy atom. The highest BCUT2D eigenvalue weighted by Crippen LogP contribution is 2.37. The van der Waals surface area contributed by atoms with E-state index in [4.69, 9.17) is 0 Å². The molecule has 110 valence electrons. The first-order valence-corrected chi connectivity index (χ1v) is 6.32. The van der Waals surface area contributed by atoms with Crippen LogP contribution < -0.4 is 4.90 Å². The number of anilines is 1. The average molecular weight is 288 g/mol. The minimum absolute atomic E-state index is 0.199. The molecule has 0 bridgehead atoms. The van der Waals surface area contributed by atoms with Crippen LogP contribution in [0.5, 0.6) is 0 Å². The van der Waals surface area contributed by atoms with Gasteiger partial charge in [-0.25, -0.2) is 9.78 Å². The van der Waals surface area contributed by atoms with Crippen molar-refractivity contribution in [3.63, 3.8) is 0 Å². The molecule has 1 unspecified atom stereocenters. The van der Waals surface area contributed by atoms with Crippen LogP contribution in [0.15, 0.2) is 18.3 Å². The number of pyridine rings is 1. The highest BCUT2D eigenvalue weighted by Gasteiger charge is 2.39. The second-order valence-corrected chi connectivity index (χ2v) is 4.60. The summed E-state index contributed by atoms with van der Waals surface area (Å²) in [5, 5.41) is 0. The van der Waals surface area contributed by atoms with Gasteiger partial charge in [0.05, 0.1) is 12.7 Å². The maximum absolute atomic E-state index is 13.0. The summed E-state index contributed by atoms with van der Waals surface area (Å²) in [6.07, 6.45) is -1.22. The fraction of sp³-hybridized carbons (Fsp3) is 0.538. The van der Waals surface area contributed by atoms with E-state index < -0.39 is 23.8 Å². The molecule has 0 spiro atoms. The van der Waals surface area contributed by atoms with Crippen molar-refractivity contribution in [1.29, 1.82) is 0 Å². The van der Waals surface area contributed by atoms with Crippen LogP contribution in [-0.2, 0) is 15.7 Å². The molecule has 1 fully saturated rings. The fourth-order valence-electron chi connectivity index (χ4n) is 2.41. The molecule has 2 rings (SSSR count). The third-order valence-corrected chi connectivity index (χ3v) is 3.34. The van der Waals surface area contributed by atoms with Crippen LogP contribution in [0.2, 0.25) is 0 Å². The van der Waals surface area contributed by atoms with Crippen molar-refractivity contribution in [3.05, 3.63) is 23.9 Å². The SMILES string of the molecule is COC(=O)C1CCCCN1c1ncccc1C(F)(F)F. The Bertz CT molecular complexity index is 491. The molecule has 1 saturated heterocycles. The van der Waals surface area contributed by atoms with Gasteiger partial charge in [0.15, 0.2) is 0 Å². The third-order valence-electron chi connectivity index (χ3n) is 3.34. The second-order valence-electron chi connectivity index (χ2n) is 4.60. The van der Waals surface area contributed by atoms with E-state index in [9.17, 15) is 18.0 Å². The Hall–Kier alpha value is -1.79. The molecular formula is C13H15F3N2O2. The van der Waals surface area contributed by atoms with Gasteiger partial charge < -0.3 is 9.64 Å². The molecule has 0 N–H and O–H groups in total. The number of hydrogen-bond acceptors (Lipinski definition) is 4. The summed E-state index contributed by atoms with van der Waals surface area (Å²) >= 11 is 0. The zero-order chi connectivity index (χ0) is 14.8. The third kappa shape index (κ3) is 2.86. The number of hydrogen-bond donors (Lipinski definition) is 0. The number of esters is 1. The summed E-state index contributed by atoms with van der Waals surface area (Å²) in [6.45, 7) is 0.361. The molecule has 7 heteroatoms. The standard InChI is InChI=1S/C13H15F3N2O2/c1-20-12(19)10-6-2-3-8-18(10)11-9(13(14,15)16)5-4-7-17-11/h4-5,7,10H,2-3,6,8H2,1H3. The summed E-state index contributed by atoms with van der Waals surface area (Å²) < 4.78 is 43.8. The average Bonchev–Trinajstić information content (AvgIpc) is 2.45. The first-order chi connectivity index (χ1) is 9.45. The molecule has 1 aliphatic rings. The topological polar surface area (TPSA) is 42.4 Å². The van der Waals surface area contributed by atoms with E-state index >= 15 is 0 Å². The van der Waals surface area contributed by atoms with Crippen molar-refractivity contribution in [3.8, 4) is 0 Å². The van der Waals surface area contributed by atoms with Gasteiger partial charge in [-0.05, 0) is 31.4 Å². The highest BCUT2D eigenvalue weighted by molar-refractivity contribution is 5.80. The molecule has 1 aliphatic heterocycles. The molecule has 4 nitrogen and oxygen atoms in total. The number of nitrogens with zero attached hydrogens (tertiary/aromatic N) is 2. The van der Waals surface area contributed by atoms with Crippen LogP contribution in [0.4, 0.5) is 19.0 Å². The van der Waals surface area contributed by atoms with E-state index in [0.717, 1.165) is 18.9 Å². The van der Waals surface area contributed by atoms with Gasteiger partial charge in [0.1, 0.15) is 11.9 Å². The van der Waals surface area contributed by atoms with Gasteiger partial charge in [-0.3, -0.25) is 0 Å². The van der Waals surface area contributed by atoms with Crippen molar-refractivity contribution in [2.45, 2.75) is 31.5 Å².